The van der Waals surface area contributed by atoms with Gasteiger partial charge in [0.2, 0.25) is 0 Å². The molecule has 3 nitrogen and oxygen atoms in total. The van der Waals surface area contributed by atoms with Crippen molar-refractivity contribution < 1.29 is 9.47 Å². The Balaban J connectivity index is 1.44. The van der Waals surface area contributed by atoms with Crippen molar-refractivity contribution in [1.82, 2.24) is 4.90 Å². The first-order valence-electron chi connectivity index (χ1n) is 10.0. The molecule has 1 heterocycles. The van der Waals surface area contributed by atoms with Crippen LogP contribution in [0.15, 0.2) is 54.6 Å². The average Bonchev–Trinajstić information content (AvgIpc) is 3.12. The molecule has 4 rings (SSSR count). The van der Waals surface area contributed by atoms with E-state index in [0.717, 1.165) is 31.9 Å². The summed E-state index contributed by atoms with van der Waals surface area (Å²) in [5.74, 6) is 0.939. The van der Waals surface area contributed by atoms with Gasteiger partial charge in [-0.15, -0.1) is 0 Å². The Morgan fingerprint density at radius 2 is 1.89 bits per heavy atom. The summed E-state index contributed by atoms with van der Waals surface area (Å²) in [7, 11) is 0. The van der Waals surface area contributed by atoms with E-state index in [1.165, 1.54) is 22.3 Å². The van der Waals surface area contributed by atoms with Gasteiger partial charge in [0.25, 0.3) is 0 Å². The Kier molecular flexibility index (Phi) is 5.33. The summed E-state index contributed by atoms with van der Waals surface area (Å²) in [5, 5.41) is 0. The predicted octanol–water partition coefficient (Wildman–Crippen LogP) is 4.55. The van der Waals surface area contributed by atoms with Crippen LogP contribution in [-0.4, -0.2) is 42.8 Å². The first kappa shape index (κ1) is 18.3. The SMILES string of the molecule is CC(Oc1ccc2c(c1)CC=C2c1ccccc1)C1CN(C(C)C)CCO1. The molecular formula is C24H29NO2. The molecule has 2 unspecified atom stereocenters. The third kappa shape index (κ3) is 3.95. The van der Waals surface area contributed by atoms with Crippen LogP contribution in [0.5, 0.6) is 5.75 Å². The smallest absolute Gasteiger partial charge is 0.123 e. The zero-order valence-corrected chi connectivity index (χ0v) is 16.5. The van der Waals surface area contributed by atoms with Gasteiger partial charge in [-0.2, -0.15) is 0 Å². The zero-order chi connectivity index (χ0) is 18.8. The van der Waals surface area contributed by atoms with E-state index in [-0.39, 0.29) is 12.2 Å². The van der Waals surface area contributed by atoms with Crippen LogP contribution in [0.3, 0.4) is 0 Å². The van der Waals surface area contributed by atoms with E-state index in [0.29, 0.717) is 6.04 Å². The molecular weight excluding hydrogens is 334 g/mol. The van der Waals surface area contributed by atoms with Crippen LogP contribution < -0.4 is 4.74 Å². The summed E-state index contributed by atoms with van der Waals surface area (Å²) in [6, 6.07) is 17.6. The van der Waals surface area contributed by atoms with Gasteiger partial charge in [-0.1, -0.05) is 42.5 Å². The molecule has 27 heavy (non-hydrogen) atoms. The van der Waals surface area contributed by atoms with Crippen LogP contribution in [0.4, 0.5) is 0 Å². The van der Waals surface area contributed by atoms with Gasteiger partial charge in [-0.3, -0.25) is 4.90 Å². The molecule has 2 atom stereocenters. The molecule has 142 valence electrons. The van der Waals surface area contributed by atoms with Crippen molar-refractivity contribution in [2.75, 3.05) is 19.7 Å². The fraction of sp³-hybridized carbons (Fsp3) is 0.417. The summed E-state index contributed by atoms with van der Waals surface area (Å²) >= 11 is 0. The lowest BCUT2D eigenvalue weighted by Crippen LogP contribution is -2.50. The normalized spacial score (nSPS) is 21.0. The summed E-state index contributed by atoms with van der Waals surface area (Å²) in [4.78, 5) is 2.47. The molecule has 0 radical (unpaired) electrons. The Labute approximate surface area is 162 Å². The number of hydrogen-bond donors (Lipinski definition) is 0. The van der Waals surface area contributed by atoms with E-state index in [2.05, 4.69) is 80.3 Å². The zero-order valence-electron chi connectivity index (χ0n) is 16.5. The van der Waals surface area contributed by atoms with Crippen molar-refractivity contribution in [3.05, 3.63) is 71.3 Å². The standard InChI is InChI=1S/C24H29NO2/c1-17(2)25-13-14-26-24(16-25)18(3)27-21-10-12-23-20(15-21)9-11-22(23)19-7-5-4-6-8-19/h4-8,10-12,15,17-18,24H,9,13-14,16H2,1-3H3. The fourth-order valence-electron chi connectivity index (χ4n) is 4.03. The minimum absolute atomic E-state index is 0.0348. The van der Waals surface area contributed by atoms with Crippen molar-refractivity contribution in [3.8, 4) is 5.75 Å². The van der Waals surface area contributed by atoms with Crippen molar-refractivity contribution in [2.45, 2.75) is 45.4 Å². The van der Waals surface area contributed by atoms with Crippen LogP contribution in [0.1, 0.15) is 37.5 Å². The van der Waals surface area contributed by atoms with Gasteiger partial charge in [0, 0.05) is 19.1 Å². The molecule has 2 aromatic rings. The topological polar surface area (TPSA) is 21.7 Å². The second-order valence-corrected chi connectivity index (χ2v) is 7.83. The van der Waals surface area contributed by atoms with Gasteiger partial charge < -0.3 is 9.47 Å². The fourth-order valence-corrected chi connectivity index (χ4v) is 4.03. The Morgan fingerprint density at radius 3 is 2.67 bits per heavy atom. The summed E-state index contributed by atoms with van der Waals surface area (Å²) in [5.41, 5.74) is 5.27. The lowest BCUT2D eigenvalue weighted by atomic mass is 9.99. The van der Waals surface area contributed by atoms with E-state index in [4.69, 9.17) is 9.47 Å². The first-order chi connectivity index (χ1) is 13.1. The van der Waals surface area contributed by atoms with Gasteiger partial charge in [-0.25, -0.2) is 0 Å². The molecule has 0 spiro atoms. The quantitative estimate of drug-likeness (QED) is 0.778. The van der Waals surface area contributed by atoms with E-state index in [1.54, 1.807) is 0 Å². The van der Waals surface area contributed by atoms with Crippen LogP contribution in [-0.2, 0) is 11.2 Å². The van der Waals surface area contributed by atoms with E-state index in [1.807, 2.05) is 0 Å². The maximum absolute atomic E-state index is 6.27. The molecule has 3 heteroatoms. The lowest BCUT2D eigenvalue weighted by molar-refractivity contribution is -0.0821. The molecule has 1 aliphatic heterocycles. The largest absolute Gasteiger partial charge is 0.488 e. The van der Waals surface area contributed by atoms with Gasteiger partial charge in [0.15, 0.2) is 0 Å². The second-order valence-electron chi connectivity index (χ2n) is 7.83. The van der Waals surface area contributed by atoms with Crippen molar-refractivity contribution >= 4 is 5.57 Å². The van der Waals surface area contributed by atoms with E-state index >= 15 is 0 Å². The average molecular weight is 364 g/mol. The van der Waals surface area contributed by atoms with Crippen molar-refractivity contribution in [1.29, 1.82) is 0 Å². The monoisotopic (exact) mass is 363 g/mol. The predicted molar refractivity (Wildman–Crippen MR) is 110 cm³/mol. The van der Waals surface area contributed by atoms with Gasteiger partial charge in [-0.05, 0) is 61.6 Å². The highest BCUT2D eigenvalue weighted by atomic mass is 16.5. The molecule has 0 aromatic heterocycles. The van der Waals surface area contributed by atoms with Crippen LogP contribution >= 0.6 is 0 Å². The number of hydrogen-bond acceptors (Lipinski definition) is 3. The van der Waals surface area contributed by atoms with Crippen molar-refractivity contribution in [3.63, 3.8) is 0 Å². The van der Waals surface area contributed by atoms with Crippen molar-refractivity contribution in [2.24, 2.45) is 0 Å². The molecule has 2 aromatic carbocycles. The number of allylic oxidation sites excluding steroid dienone is 1. The minimum atomic E-state index is 0.0348. The first-order valence-corrected chi connectivity index (χ1v) is 10.0. The molecule has 1 aliphatic carbocycles. The van der Waals surface area contributed by atoms with Crippen LogP contribution in [0.2, 0.25) is 0 Å². The van der Waals surface area contributed by atoms with Crippen LogP contribution in [0.25, 0.3) is 5.57 Å². The summed E-state index contributed by atoms with van der Waals surface area (Å²) in [6.07, 6.45) is 3.43. The lowest BCUT2D eigenvalue weighted by Gasteiger charge is -2.37. The summed E-state index contributed by atoms with van der Waals surface area (Å²) in [6.45, 7) is 9.33. The third-order valence-corrected chi connectivity index (χ3v) is 5.68. The molecule has 1 fully saturated rings. The highest BCUT2D eigenvalue weighted by molar-refractivity contribution is 5.84. The molecule has 2 aliphatic rings. The van der Waals surface area contributed by atoms with Gasteiger partial charge in [0.1, 0.15) is 18.0 Å². The van der Waals surface area contributed by atoms with Crippen LogP contribution in [0, 0.1) is 0 Å². The maximum Gasteiger partial charge on any atom is 0.123 e. The number of rotatable bonds is 5. The summed E-state index contributed by atoms with van der Waals surface area (Å²) < 4.78 is 12.3. The molecule has 0 amide bonds. The van der Waals surface area contributed by atoms with Gasteiger partial charge >= 0.3 is 0 Å². The molecule has 1 saturated heterocycles. The maximum atomic E-state index is 6.27. The highest BCUT2D eigenvalue weighted by Gasteiger charge is 2.28. The minimum Gasteiger partial charge on any atom is -0.488 e. The van der Waals surface area contributed by atoms with E-state index in [9.17, 15) is 0 Å². The number of benzene rings is 2. The number of ether oxygens (including phenoxy) is 2. The molecule has 0 saturated carbocycles. The Morgan fingerprint density at radius 1 is 1.07 bits per heavy atom. The number of fused-ring (bicyclic) bond motifs is 1. The van der Waals surface area contributed by atoms with Gasteiger partial charge in [0.05, 0.1) is 6.61 Å². The number of nitrogens with zero attached hydrogens (tertiary/aromatic N) is 1. The molecule has 0 N–H and O–H groups in total. The van der Waals surface area contributed by atoms with E-state index < -0.39 is 0 Å². The third-order valence-electron chi connectivity index (χ3n) is 5.68. The Bertz CT molecular complexity index is 812. The molecule has 0 bridgehead atoms. The Hall–Kier alpha value is -2.10. The highest BCUT2D eigenvalue weighted by Crippen LogP contribution is 2.35. The number of morpholine rings is 1. The second kappa shape index (κ2) is 7.87.